The third-order valence-electron chi connectivity index (χ3n) is 3.26. The van der Waals surface area contributed by atoms with E-state index in [0.717, 1.165) is 12.8 Å². The van der Waals surface area contributed by atoms with Crippen molar-refractivity contribution in [1.82, 2.24) is 0 Å². The van der Waals surface area contributed by atoms with Crippen LogP contribution in [0.1, 0.15) is 40.0 Å². The molecule has 1 fully saturated rings. The lowest BCUT2D eigenvalue weighted by Gasteiger charge is -2.20. The van der Waals surface area contributed by atoms with Gasteiger partial charge < -0.3 is 14.2 Å². The highest BCUT2D eigenvalue weighted by atomic mass is 16.7. The fourth-order valence-electron chi connectivity index (χ4n) is 2.50. The van der Waals surface area contributed by atoms with E-state index in [9.17, 15) is 4.79 Å². The number of esters is 1. The molecule has 19 heavy (non-hydrogen) atoms. The first-order valence-electron chi connectivity index (χ1n) is 6.90. The van der Waals surface area contributed by atoms with E-state index in [1.54, 1.807) is 0 Å². The summed E-state index contributed by atoms with van der Waals surface area (Å²) in [5.74, 6) is -0.667. The molecule has 4 heteroatoms. The maximum atomic E-state index is 11.3. The van der Waals surface area contributed by atoms with Crippen LogP contribution in [-0.2, 0) is 19.0 Å². The lowest BCUT2D eigenvalue weighted by molar-refractivity contribution is -0.143. The zero-order valence-corrected chi connectivity index (χ0v) is 11.8. The van der Waals surface area contributed by atoms with Gasteiger partial charge in [-0.2, -0.15) is 0 Å². The van der Waals surface area contributed by atoms with Gasteiger partial charge in [-0.15, -0.1) is 0 Å². The second-order valence-electron chi connectivity index (χ2n) is 5.31. The average molecular weight is 266 g/mol. The minimum Gasteiger partial charge on any atom is -0.466 e. The van der Waals surface area contributed by atoms with Gasteiger partial charge in [-0.05, 0) is 39.2 Å². The van der Waals surface area contributed by atoms with Gasteiger partial charge in [0.1, 0.15) is 12.2 Å². The van der Waals surface area contributed by atoms with Crippen LogP contribution in [0, 0.1) is 0 Å². The highest BCUT2D eigenvalue weighted by Gasteiger charge is 2.42. The molecule has 1 heterocycles. The molecule has 2 rings (SSSR count). The zero-order chi connectivity index (χ0) is 13.9. The van der Waals surface area contributed by atoms with Crippen LogP contribution in [-0.4, -0.2) is 30.6 Å². The summed E-state index contributed by atoms with van der Waals surface area (Å²) in [6.07, 6.45) is 8.16. The number of hydrogen-bond donors (Lipinski definition) is 0. The Hall–Kier alpha value is -1.13. The van der Waals surface area contributed by atoms with Crippen LogP contribution in [0.2, 0.25) is 0 Å². The minimum atomic E-state index is -0.537. The van der Waals surface area contributed by atoms with Crippen molar-refractivity contribution in [3.8, 4) is 0 Å². The molecule has 0 aromatic carbocycles. The van der Waals surface area contributed by atoms with Crippen molar-refractivity contribution < 1.29 is 19.0 Å². The van der Waals surface area contributed by atoms with Crippen molar-refractivity contribution in [3.63, 3.8) is 0 Å². The molecular weight excluding hydrogens is 244 g/mol. The molecule has 2 aliphatic rings. The van der Waals surface area contributed by atoms with Gasteiger partial charge in [0.05, 0.1) is 6.61 Å². The van der Waals surface area contributed by atoms with Crippen LogP contribution in [0.3, 0.4) is 0 Å². The van der Waals surface area contributed by atoms with Crippen LogP contribution in [0.15, 0.2) is 23.8 Å². The van der Waals surface area contributed by atoms with E-state index in [1.807, 2.05) is 32.9 Å². The Balaban J connectivity index is 1.85. The van der Waals surface area contributed by atoms with Crippen molar-refractivity contribution in [2.75, 3.05) is 6.61 Å². The molecule has 0 spiro atoms. The van der Waals surface area contributed by atoms with Gasteiger partial charge in [-0.3, -0.25) is 4.79 Å². The first-order valence-corrected chi connectivity index (χ1v) is 6.90. The Morgan fingerprint density at radius 1 is 1.42 bits per heavy atom. The van der Waals surface area contributed by atoms with Crippen LogP contribution in [0.25, 0.3) is 0 Å². The molecule has 0 aromatic rings. The van der Waals surface area contributed by atoms with Crippen molar-refractivity contribution in [2.24, 2.45) is 0 Å². The molecule has 0 radical (unpaired) electrons. The third kappa shape index (κ3) is 3.67. The van der Waals surface area contributed by atoms with Gasteiger partial charge in [-0.25, -0.2) is 0 Å². The molecule has 4 nitrogen and oxygen atoms in total. The summed E-state index contributed by atoms with van der Waals surface area (Å²) in [7, 11) is 0. The highest BCUT2D eigenvalue weighted by molar-refractivity contribution is 5.69. The Labute approximate surface area is 114 Å². The summed E-state index contributed by atoms with van der Waals surface area (Å²) >= 11 is 0. The second-order valence-corrected chi connectivity index (χ2v) is 5.31. The zero-order valence-electron chi connectivity index (χ0n) is 11.8. The molecule has 2 atom stereocenters. The Bertz CT molecular complexity index is 395. The Morgan fingerprint density at radius 3 is 2.95 bits per heavy atom. The topological polar surface area (TPSA) is 44.8 Å². The van der Waals surface area contributed by atoms with E-state index in [4.69, 9.17) is 14.2 Å². The fourth-order valence-corrected chi connectivity index (χ4v) is 2.50. The Morgan fingerprint density at radius 2 is 2.21 bits per heavy atom. The van der Waals surface area contributed by atoms with E-state index in [0.29, 0.717) is 13.0 Å². The summed E-state index contributed by atoms with van der Waals surface area (Å²) in [6, 6.07) is 0. The minimum absolute atomic E-state index is 0.00223. The number of carbonyl (C=O) groups excluding carboxylic acids is 1. The number of hydrogen-bond acceptors (Lipinski definition) is 4. The van der Waals surface area contributed by atoms with Crippen molar-refractivity contribution in [2.45, 2.75) is 58.0 Å². The van der Waals surface area contributed by atoms with Crippen molar-refractivity contribution >= 4 is 5.97 Å². The number of rotatable bonds is 5. The first-order chi connectivity index (χ1) is 9.02. The molecule has 1 saturated heterocycles. The van der Waals surface area contributed by atoms with E-state index in [-0.39, 0.29) is 18.2 Å². The standard InChI is InChI=1S/C15H22O4/c1-4-17-13(16)10-6-8-11-7-5-9-12-14(11)19-15(2,3)18-12/h5,7,9,12,14H,4,6,8,10H2,1-3H3/t12-,14+/m0/s1. The number of ether oxygens (including phenoxy) is 3. The van der Waals surface area contributed by atoms with Gasteiger partial charge in [0.15, 0.2) is 5.79 Å². The van der Waals surface area contributed by atoms with Crippen LogP contribution >= 0.6 is 0 Å². The normalized spacial score (nSPS) is 27.8. The molecular formula is C15H22O4. The predicted octanol–water partition coefficient (Wildman–Crippen LogP) is 2.74. The molecule has 0 aromatic heterocycles. The second kappa shape index (κ2) is 5.88. The van der Waals surface area contributed by atoms with Crippen LogP contribution in [0.4, 0.5) is 0 Å². The molecule has 0 saturated carbocycles. The van der Waals surface area contributed by atoms with E-state index in [1.165, 1.54) is 5.57 Å². The summed E-state index contributed by atoms with van der Waals surface area (Å²) in [4.78, 5) is 11.3. The quantitative estimate of drug-likeness (QED) is 0.718. The third-order valence-corrected chi connectivity index (χ3v) is 3.26. The molecule has 0 N–H and O–H groups in total. The maximum Gasteiger partial charge on any atom is 0.305 e. The van der Waals surface area contributed by atoms with E-state index >= 15 is 0 Å². The summed E-state index contributed by atoms with van der Waals surface area (Å²) in [5.41, 5.74) is 1.20. The van der Waals surface area contributed by atoms with Crippen LogP contribution < -0.4 is 0 Å². The molecule has 0 amide bonds. The van der Waals surface area contributed by atoms with Crippen molar-refractivity contribution in [1.29, 1.82) is 0 Å². The largest absolute Gasteiger partial charge is 0.466 e. The lowest BCUT2D eigenvalue weighted by atomic mass is 9.95. The molecule has 106 valence electrons. The summed E-state index contributed by atoms with van der Waals surface area (Å²) in [5, 5.41) is 0. The van der Waals surface area contributed by atoms with Gasteiger partial charge in [0, 0.05) is 6.42 Å². The van der Waals surface area contributed by atoms with E-state index in [2.05, 4.69) is 6.08 Å². The van der Waals surface area contributed by atoms with Gasteiger partial charge >= 0.3 is 5.97 Å². The molecule has 1 aliphatic heterocycles. The monoisotopic (exact) mass is 266 g/mol. The summed E-state index contributed by atoms with van der Waals surface area (Å²) in [6.45, 7) is 6.12. The fraction of sp³-hybridized carbons (Fsp3) is 0.667. The number of fused-ring (bicyclic) bond motifs is 1. The smallest absolute Gasteiger partial charge is 0.305 e. The first kappa shape index (κ1) is 14.3. The van der Waals surface area contributed by atoms with Crippen LogP contribution in [0.5, 0.6) is 0 Å². The van der Waals surface area contributed by atoms with Gasteiger partial charge in [0.25, 0.3) is 0 Å². The molecule has 1 aliphatic carbocycles. The summed E-state index contributed by atoms with van der Waals surface area (Å²) < 4.78 is 16.6. The SMILES string of the molecule is CCOC(=O)CCCC1=CC=C[C@@H]2OC(C)(C)O[C@H]12. The van der Waals surface area contributed by atoms with Gasteiger partial charge in [0.2, 0.25) is 0 Å². The van der Waals surface area contributed by atoms with Gasteiger partial charge in [-0.1, -0.05) is 18.2 Å². The Kier molecular flexibility index (Phi) is 4.42. The maximum absolute atomic E-state index is 11.3. The number of allylic oxidation sites excluding steroid dienone is 2. The molecule has 0 unspecified atom stereocenters. The molecule has 0 bridgehead atoms. The lowest BCUT2D eigenvalue weighted by Crippen LogP contribution is -2.25. The highest BCUT2D eigenvalue weighted by Crippen LogP contribution is 2.36. The number of carbonyl (C=O) groups is 1. The predicted molar refractivity (Wildman–Crippen MR) is 71.5 cm³/mol. The van der Waals surface area contributed by atoms with Crippen molar-refractivity contribution in [3.05, 3.63) is 23.8 Å². The average Bonchev–Trinajstić information content (AvgIpc) is 2.64. The van der Waals surface area contributed by atoms with E-state index < -0.39 is 5.79 Å².